The van der Waals surface area contributed by atoms with Crippen LogP contribution in [0.1, 0.15) is 66.5 Å². The molecule has 1 unspecified atom stereocenters. The Morgan fingerprint density at radius 1 is 0.911 bits per heavy atom. The number of ether oxygens (including phenoxy) is 1. The number of nitrogens with one attached hydrogen (secondary N) is 2. The lowest BCUT2D eigenvalue weighted by Crippen LogP contribution is -2.44. The standard InChI is InChI=1S/C37H44ClN9O9/c1-2-3-16-32-40-34(38)33(45(32)23-26-17-19-27(20-18-26)29-14-7-8-15-30(29)35-41-43-44-42-35)36(48)39-31(22-25-11-5-4-6-12-25)37(49)54-21-10-9-13-28(56-47(52)53)24-55-46(50)51/h4-8,11-12,14-15,17-20,28,31,50-53H,2-3,9-10,13,16,21-24H2,1H3,(H,39,48)(H,41,42,43,44)/t28?,31-/m0/s1. The molecule has 0 radical (unpaired) electrons. The van der Waals surface area contributed by atoms with Gasteiger partial charge in [-0.25, -0.2) is 24.6 Å². The number of esters is 1. The molecule has 3 aromatic carbocycles. The Kier molecular flexibility index (Phi) is 15.9. The van der Waals surface area contributed by atoms with E-state index in [1.807, 2.05) is 78.9 Å². The number of aryl methyl sites for hydroxylation is 1. The van der Waals surface area contributed by atoms with E-state index >= 15 is 0 Å². The van der Waals surface area contributed by atoms with Crippen LogP contribution in [0.5, 0.6) is 0 Å². The third kappa shape index (κ3) is 12.2. The minimum atomic E-state index is -1.08. The van der Waals surface area contributed by atoms with Crippen molar-refractivity contribution >= 4 is 23.5 Å². The molecule has 5 aromatic rings. The Bertz CT molecular complexity index is 1960. The van der Waals surface area contributed by atoms with Gasteiger partial charge in [0, 0.05) is 24.9 Å². The molecular weight excluding hydrogens is 750 g/mol. The van der Waals surface area contributed by atoms with Crippen molar-refractivity contribution in [3.8, 4) is 22.5 Å². The zero-order valence-electron chi connectivity index (χ0n) is 30.6. The lowest BCUT2D eigenvalue weighted by molar-refractivity contribution is -0.527. The number of rotatable bonds is 22. The minimum Gasteiger partial charge on any atom is -0.464 e. The van der Waals surface area contributed by atoms with E-state index in [4.69, 9.17) is 42.0 Å². The van der Waals surface area contributed by atoms with Gasteiger partial charge >= 0.3 is 5.97 Å². The highest BCUT2D eigenvalue weighted by Gasteiger charge is 2.28. The average molecular weight is 794 g/mol. The lowest BCUT2D eigenvalue weighted by atomic mass is 9.98. The largest absolute Gasteiger partial charge is 0.464 e. The first-order valence-corrected chi connectivity index (χ1v) is 18.3. The Labute approximate surface area is 326 Å². The lowest BCUT2D eigenvalue weighted by Gasteiger charge is -2.20. The fourth-order valence-electron chi connectivity index (χ4n) is 6.03. The van der Waals surface area contributed by atoms with Gasteiger partial charge in [0.2, 0.25) is 0 Å². The molecule has 0 saturated carbocycles. The van der Waals surface area contributed by atoms with E-state index in [0.717, 1.165) is 40.7 Å². The number of halogens is 1. The number of H-pyrrole nitrogens is 1. The summed E-state index contributed by atoms with van der Waals surface area (Å²) in [6.07, 6.45) is 2.35. The van der Waals surface area contributed by atoms with Crippen molar-refractivity contribution in [1.29, 1.82) is 0 Å². The molecule has 0 aliphatic rings. The second-order valence-electron chi connectivity index (χ2n) is 12.8. The maximum absolute atomic E-state index is 14.1. The van der Waals surface area contributed by atoms with E-state index in [0.29, 0.717) is 30.9 Å². The summed E-state index contributed by atoms with van der Waals surface area (Å²) in [7, 11) is 0. The number of carbonyl (C=O) groups is 2. The molecule has 2 heterocycles. The zero-order valence-corrected chi connectivity index (χ0v) is 31.3. The predicted octanol–water partition coefficient (Wildman–Crippen LogP) is 5.22. The molecule has 2 atom stereocenters. The van der Waals surface area contributed by atoms with Gasteiger partial charge in [0.05, 0.1) is 17.4 Å². The monoisotopic (exact) mass is 793 g/mol. The third-order valence-electron chi connectivity index (χ3n) is 8.76. The predicted molar refractivity (Wildman–Crippen MR) is 198 cm³/mol. The van der Waals surface area contributed by atoms with Gasteiger partial charge in [0.15, 0.2) is 11.0 Å². The molecule has 0 aliphatic heterocycles. The Morgan fingerprint density at radius 3 is 2.32 bits per heavy atom. The highest BCUT2D eigenvalue weighted by molar-refractivity contribution is 6.32. The number of benzene rings is 3. The number of tetrazole rings is 1. The van der Waals surface area contributed by atoms with Crippen LogP contribution in [0.3, 0.4) is 0 Å². The van der Waals surface area contributed by atoms with Crippen molar-refractivity contribution in [3.63, 3.8) is 0 Å². The second kappa shape index (κ2) is 21.2. The summed E-state index contributed by atoms with van der Waals surface area (Å²) >= 11 is 6.69. The molecule has 5 rings (SSSR count). The summed E-state index contributed by atoms with van der Waals surface area (Å²) < 4.78 is 7.36. The molecule has 0 saturated heterocycles. The second-order valence-corrected chi connectivity index (χ2v) is 13.1. The fourth-order valence-corrected chi connectivity index (χ4v) is 6.32. The summed E-state index contributed by atoms with van der Waals surface area (Å²) in [5.41, 5.74) is 4.53. The molecular formula is C37H44ClN9O9. The van der Waals surface area contributed by atoms with Crippen LogP contribution in [-0.4, -0.2) is 99.0 Å². The normalized spacial score (nSPS) is 12.6. The van der Waals surface area contributed by atoms with Gasteiger partial charge in [-0.05, 0) is 58.4 Å². The Balaban J connectivity index is 1.31. The summed E-state index contributed by atoms with van der Waals surface area (Å²) in [5, 5.41) is 51.6. The number of imidazole rings is 1. The average Bonchev–Trinajstić information content (AvgIpc) is 3.84. The van der Waals surface area contributed by atoms with Crippen LogP contribution in [0.4, 0.5) is 0 Å². The van der Waals surface area contributed by atoms with Crippen molar-refractivity contribution in [2.24, 2.45) is 0 Å². The summed E-state index contributed by atoms with van der Waals surface area (Å²) in [6, 6.07) is 23.8. The number of nitrogens with zero attached hydrogens (tertiary/aromatic N) is 7. The van der Waals surface area contributed by atoms with Crippen molar-refractivity contribution < 1.29 is 44.8 Å². The van der Waals surface area contributed by atoms with Gasteiger partial charge < -0.3 is 14.6 Å². The van der Waals surface area contributed by atoms with E-state index in [-0.39, 0.29) is 36.8 Å². The molecule has 298 valence electrons. The molecule has 0 spiro atoms. The highest BCUT2D eigenvalue weighted by atomic mass is 35.5. The molecule has 18 nitrogen and oxygen atoms in total. The van der Waals surface area contributed by atoms with Gasteiger partial charge in [0.1, 0.15) is 30.3 Å². The number of amides is 1. The van der Waals surface area contributed by atoms with Crippen molar-refractivity contribution in [2.45, 2.75) is 70.6 Å². The first-order valence-electron chi connectivity index (χ1n) is 18.0. The molecule has 56 heavy (non-hydrogen) atoms. The minimum absolute atomic E-state index is 0.0160. The number of unbranched alkanes of at least 4 members (excludes halogenated alkanes) is 2. The van der Waals surface area contributed by atoms with Crippen LogP contribution in [-0.2, 0) is 38.6 Å². The number of aromatic amines is 1. The van der Waals surface area contributed by atoms with Gasteiger partial charge in [-0.1, -0.05) is 104 Å². The maximum Gasteiger partial charge on any atom is 0.328 e. The SMILES string of the molecule is CCCCc1nc(Cl)c(C(=O)N[C@@H](Cc2ccccc2)C(=O)OCCCCC(CON(O)O)ON(O)O)n1Cc1ccc(-c2ccccc2-c2nnn[nH]2)cc1. The van der Waals surface area contributed by atoms with Crippen molar-refractivity contribution in [1.82, 2.24) is 46.3 Å². The van der Waals surface area contributed by atoms with Crippen LogP contribution >= 0.6 is 11.6 Å². The van der Waals surface area contributed by atoms with E-state index in [1.165, 1.54) is 0 Å². The van der Waals surface area contributed by atoms with Crippen LogP contribution in [0.2, 0.25) is 5.15 Å². The van der Waals surface area contributed by atoms with Crippen molar-refractivity contribution in [2.75, 3.05) is 13.2 Å². The molecule has 19 heteroatoms. The van der Waals surface area contributed by atoms with Crippen LogP contribution in [0.15, 0.2) is 78.9 Å². The Morgan fingerprint density at radius 2 is 1.64 bits per heavy atom. The summed E-state index contributed by atoms with van der Waals surface area (Å²) in [5.74, 6) is -0.0709. The van der Waals surface area contributed by atoms with E-state index in [9.17, 15) is 9.59 Å². The van der Waals surface area contributed by atoms with Gasteiger partial charge in [-0.2, -0.15) is 0 Å². The smallest absolute Gasteiger partial charge is 0.328 e. The maximum atomic E-state index is 14.1. The number of aromatic nitrogens is 6. The quantitative estimate of drug-likeness (QED) is 0.0299. The van der Waals surface area contributed by atoms with Gasteiger partial charge in [0.25, 0.3) is 5.91 Å². The van der Waals surface area contributed by atoms with Crippen LogP contribution in [0.25, 0.3) is 22.5 Å². The molecule has 2 aromatic heterocycles. The van der Waals surface area contributed by atoms with Crippen LogP contribution < -0.4 is 5.32 Å². The van der Waals surface area contributed by atoms with Crippen LogP contribution in [0, 0.1) is 0 Å². The zero-order chi connectivity index (χ0) is 39.9. The van der Waals surface area contributed by atoms with E-state index in [1.54, 1.807) is 4.57 Å². The van der Waals surface area contributed by atoms with E-state index < -0.39 is 41.4 Å². The third-order valence-corrected chi connectivity index (χ3v) is 9.03. The topological polar surface area (TPSA) is 234 Å². The number of hydrogen-bond donors (Lipinski definition) is 6. The molecule has 0 bridgehead atoms. The first kappa shape index (κ1) is 42.0. The van der Waals surface area contributed by atoms with Gasteiger partial charge in [-0.15, -0.1) is 5.10 Å². The van der Waals surface area contributed by atoms with Crippen molar-refractivity contribution in [3.05, 3.63) is 107 Å². The number of hydrogen-bond acceptors (Lipinski definition) is 15. The molecule has 0 fully saturated rings. The first-order chi connectivity index (χ1) is 27.1. The highest BCUT2D eigenvalue weighted by Crippen LogP contribution is 2.30. The van der Waals surface area contributed by atoms with Gasteiger partial charge in [-0.3, -0.25) is 25.6 Å². The summed E-state index contributed by atoms with van der Waals surface area (Å²) in [4.78, 5) is 41.4. The fraction of sp³-hybridized carbons (Fsp3) is 0.351. The molecule has 6 N–H and O–H groups in total. The Hall–Kier alpha value is -5.15. The molecule has 0 aliphatic carbocycles. The van der Waals surface area contributed by atoms with E-state index in [2.05, 4.69) is 42.7 Å². The number of carbonyl (C=O) groups excluding carboxylic acids is 2. The molecule has 1 amide bonds. The summed E-state index contributed by atoms with van der Waals surface area (Å²) in [6.45, 7) is 1.90.